The van der Waals surface area contributed by atoms with Crippen LogP contribution < -0.4 is 10.6 Å². The molecule has 1 amide bonds. The highest BCUT2D eigenvalue weighted by molar-refractivity contribution is 5.68. The van der Waals surface area contributed by atoms with E-state index in [0.29, 0.717) is 17.5 Å². The molecule has 1 aromatic rings. The van der Waals surface area contributed by atoms with E-state index in [9.17, 15) is 4.79 Å². The lowest BCUT2D eigenvalue weighted by Gasteiger charge is -2.45. The van der Waals surface area contributed by atoms with E-state index in [1.54, 1.807) is 24.3 Å². The first-order chi connectivity index (χ1) is 9.95. The Morgan fingerprint density at radius 3 is 2.57 bits per heavy atom. The molecule has 0 aliphatic carbocycles. The van der Waals surface area contributed by atoms with Crippen LogP contribution in [0, 0.1) is 11.8 Å². The summed E-state index contributed by atoms with van der Waals surface area (Å²) < 4.78 is 4.84. The van der Waals surface area contributed by atoms with Gasteiger partial charge in [-0.25, -0.2) is 4.79 Å². The number of rotatable bonds is 2. The van der Waals surface area contributed by atoms with Crippen molar-refractivity contribution in [2.45, 2.75) is 19.9 Å². The number of hydrogen-bond donors (Lipinski definition) is 1. The number of piperidine rings is 1. The predicted octanol–water partition coefficient (Wildman–Crippen LogP) is 1.82. The Balaban J connectivity index is 2.16. The zero-order chi connectivity index (χ0) is 15.6. The lowest BCUT2D eigenvalue weighted by molar-refractivity contribution is 0.0791. The van der Waals surface area contributed by atoms with Crippen LogP contribution in [0.5, 0.6) is 0 Å². The largest absolute Gasteiger partial charge is 0.453 e. The molecule has 0 saturated carbocycles. The van der Waals surface area contributed by atoms with Crippen LogP contribution >= 0.6 is 0 Å². The van der Waals surface area contributed by atoms with Crippen LogP contribution in [-0.2, 0) is 4.74 Å². The van der Waals surface area contributed by atoms with Gasteiger partial charge >= 0.3 is 6.09 Å². The quantitative estimate of drug-likeness (QED) is 0.900. The van der Waals surface area contributed by atoms with Crippen LogP contribution in [0.2, 0.25) is 0 Å². The molecule has 2 N–H and O–H groups in total. The lowest BCUT2D eigenvalue weighted by atomic mass is 9.84. The van der Waals surface area contributed by atoms with Crippen molar-refractivity contribution in [1.29, 1.82) is 0 Å². The second kappa shape index (κ2) is 6.20. The Morgan fingerprint density at radius 2 is 2.05 bits per heavy atom. The molecule has 0 radical (unpaired) electrons. The van der Waals surface area contributed by atoms with Crippen LogP contribution in [-0.4, -0.2) is 49.3 Å². The Labute approximate surface area is 125 Å². The summed E-state index contributed by atoms with van der Waals surface area (Å²) in [7, 11) is 3.22. The van der Waals surface area contributed by atoms with Gasteiger partial charge in [0.25, 0.3) is 0 Å². The van der Waals surface area contributed by atoms with Crippen molar-refractivity contribution < 1.29 is 9.53 Å². The average Bonchev–Trinajstić information content (AvgIpc) is 2.45. The monoisotopic (exact) mass is 292 g/mol. The van der Waals surface area contributed by atoms with Crippen molar-refractivity contribution in [3.63, 3.8) is 0 Å². The third kappa shape index (κ3) is 3.04. The number of carbonyl (C=O) groups excluding carboxylic acids is 1. The number of carbonyl (C=O) groups is 1. The first-order valence-corrected chi connectivity index (χ1v) is 7.21. The van der Waals surface area contributed by atoms with Crippen molar-refractivity contribution in [3.05, 3.63) is 18.5 Å². The molecule has 1 aromatic heterocycles. The van der Waals surface area contributed by atoms with E-state index in [1.807, 2.05) is 6.07 Å². The summed E-state index contributed by atoms with van der Waals surface area (Å²) in [6.07, 6.45) is 3.15. The van der Waals surface area contributed by atoms with Gasteiger partial charge in [-0.15, -0.1) is 0 Å². The predicted molar refractivity (Wildman–Crippen MR) is 83.1 cm³/mol. The van der Waals surface area contributed by atoms with E-state index < -0.39 is 0 Å². The highest BCUT2D eigenvalue weighted by Gasteiger charge is 2.37. The molecular formula is C15H24N4O2. The van der Waals surface area contributed by atoms with E-state index in [2.05, 4.69) is 23.7 Å². The topological polar surface area (TPSA) is 71.7 Å². The van der Waals surface area contributed by atoms with Gasteiger partial charge in [0.15, 0.2) is 0 Å². The average molecular weight is 292 g/mol. The van der Waals surface area contributed by atoms with Gasteiger partial charge in [-0.3, -0.25) is 4.98 Å². The number of ether oxygens (including phenoxy) is 1. The second-order valence-electron chi connectivity index (χ2n) is 5.87. The molecule has 1 fully saturated rings. The molecule has 6 nitrogen and oxygen atoms in total. The zero-order valence-electron chi connectivity index (χ0n) is 13.1. The Hall–Kier alpha value is -1.98. The summed E-state index contributed by atoms with van der Waals surface area (Å²) in [5.74, 6) is 0.649. The Kier molecular flexibility index (Phi) is 4.55. The van der Waals surface area contributed by atoms with Crippen molar-refractivity contribution in [2.24, 2.45) is 11.8 Å². The summed E-state index contributed by atoms with van der Waals surface area (Å²) in [5, 5.41) is 0. The van der Waals surface area contributed by atoms with Gasteiger partial charge < -0.3 is 20.3 Å². The minimum atomic E-state index is -0.282. The molecule has 2 heterocycles. The minimum absolute atomic E-state index is 0.164. The molecule has 1 aliphatic heterocycles. The van der Waals surface area contributed by atoms with Crippen molar-refractivity contribution >= 4 is 17.5 Å². The summed E-state index contributed by atoms with van der Waals surface area (Å²) in [6.45, 7) is 6.02. The first kappa shape index (κ1) is 15.4. The number of methoxy groups -OCH3 is 1. The highest BCUT2D eigenvalue weighted by Crippen LogP contribution is 2.32. The lowest BCUT2D eigenvalue weighted by Crippen LogP contribution is -2.55. The highest BCUT2D eigenvalue weighted by atomic mass is 16.5. The molecule has 0 aromatic carbocycles. The van der Waals surface area contributed by atoms with Crippen molar-refractivity contribution in [3.8, 4) is 0 Å². The Morgan fingerprint density at radius 1 is 1.43 bits per heavy atom. The molecule has 116 valence electrons. The minimum Gasteiger partial charge on any atom is -0.453 e. The number of nitrogen functional groups attached to an aromatic ring is 1. The molecule has 21 heavy (non-hydrogen) atoms. The summed E-state index contributed by atoms with van der Waals surface area (Å²) in [4.78, 5) is 19.8. The number of pyridine rings is 1. The number of hydrogen-bond acceptors (Lipinski definition) is 5. The number of nitrogens with zero attached hydrogens (tertiary/aromatic N) is 3. The van der Waals surface area contributed by atoms with E-state index in [1.165, 1.54) is 7.11 Å². The van der Waals surface area contributed by atoms with Gasteiger partial charge in [0.1, 0.15) is 0 Å². The molecule has 0 unspecified atom stereocenters. The maximum absolute atomic E-state index is 11.8. The fourth-order valence-electron chi connectivity index (χ4n) is 3.46. The Bertz CT molecular complexity index is 496. The SMILES string of the molecule is COC(=O)N(C)[C@@H]1[C@H](C)CN(c2ccncc2N)C[C@@H]1C. The van der Waals surface area contributed by atoms with Crippen LogP contribution in [0.3, 0.4) is 0 Å². The first-order valence-electron chi connectivity index (χ1n) is 7.21. The molecule has 3 atom stereocenters. The molecule has 1 aliphatic rings. The smallest absolute Gasteiger partial charge is 0.409 e. The number of aromatic nitrogens is 1. The molecule has 2 rings (SSSR count). The number of anilines is 2. The van der Waals surface area contributed by atoms with E-state index in [0.717, 1.165) is 18.8 Å². The molecule has 1 saturated heterocycles. The molecule has 0 bridgehead atoms. The summed E-state index contributed by atoms with van der Waals surface area (Å²) in [5.41, 5.74) is 7.73. The van der Waals surface area contributed by atoms with Gasteiger partial charge in [0.05, 0.1) is 24.7 Å². The van der Waals surface area contributed by atoms with E-state index >= 15 is 0 Å². The maximum Gasteiger partial charge on any atom is 0.409 e. The van der Waals surface area contributed by atoms with Crippen molar-refractivity contribution in [2.75, 3.05) is 37.9 Å². The van der Waals surface area contributed by atoms with Gasteiger partial charge in [0.2, 0.25) is 0 Å². The van der Waals surface area contributed by atoms with Crippen LogP contribution in [0.25, 0.3) is 0 Å². The number of amides is 1. The zero-order valence-corrected chi connectivity index (χ0v) is 13.1. The second-order valence-corrected chi connectivity index (χ2v) is 5.87. The van der Waals surface area contributed by atoms with Gasteiger partial charge in [0, 0.05) is 32.4 Å². The fourth-order valence-corrected chi connectivity index (χ4v) is 3.46. The summed E-state index contributed by atoms with van der Waals surface area (Å²) >= 11 is 0. The summed E-state index contributed by atoms with van der Waals surface area (Å²) in [6, 6.07) is 2.11. The van der Waals surface area contributed by atoms with Gasteiger partial charge in [-0.05, 0) is 17.9 Å². The number of nitrogens with two attached hydrogens (primary N) is 1. The van der Waals surface area contributed by atoms with Gasteiger partial charge in [-0.2, -0.15) is 0 Å². The van der Waals surface area contributed by atoms with Gasteiger partial charge in [-0.1, -0.05) is 13.8 Å². The molecule has 0 spiro atoms. The van der Waals surface area contributed by atoms with Crippen LogP contribution in [0.1, 0.15) is 13.8 Å². The third-order valence-electron chi connectivity index (χ3n) is 4.26. The van der Waals surface area contributed by atoms with Crippen LogP contribution in [0.4, 0.5) is 16.2 Å². The van der Waals surface area contributed by atoms with Crippen LogP contribution in [0.15, 0.2) is 18.5 Å². The molecule has 6 heteroatoms. The maximum atomic E-state index is 11.8. The molecular weight excluding hydrogens is 268 g/mol. The third-order valence-corrected chi connectivity index (χ3v) is 4.26. The fraction of sp³-hybridized carbons (Fsp3) is 0.600. The standard InChI is InChI=1S/C15H24N4O2/c1-10-8-19(13-5-6-17-7-12(13)16)9-11(2)14(10)18(3)15(20)21-4/h5-7,10-11,14H,8-9,16H2,1-4H3/t10-,11+,14-. The van der Waals surface area contributed by atoms with E-state index in [-0.39, 0.29) is 12.1 Å². The van der Waals surface area contributed by atoms with E-state index in [4.69, 9.17) is 10.5 Å². The normalized spacial score (nSPS) is 25.5. The van der Waals surface area contributed by atoms with Crippen molar-refractivity contribution in [1.82, 2.24) is 9.88 Å².